The molecule has 0 aromatic heterocycles. The van der Waals surface area contributed by atoms with Crippen LogP contribution in [0, 0.1) is 0 Å². The van der Waals surface area contributed by atoms with Gasteiger partial charge in [-0.3, -0.25) is 0 Å². The van der Waals surface area contributed by atoms with Gasteiger partial charge in [-0.2, -0.15) is 4.31 Å². The fourth-order valence-corrected chi connectivity index (χ4v) is 3.45. The van der Waals surface area contributed by atoms with Crippen molar-refractivity contribution in [3.63, 3.8) is 0 Å². The van der Waals surface area contributed by atoms with Gasteiger partial charge in [0.15, 0.2) is 0 Å². The fraction of sp³-hybridized carbons (Fsp3) is 0.273. The van der Waals surface area contributed by atoms with E-state index >= 15 is 0 Å². The van der Waals surface area contributed by atoms with Crippen molar-refractivity contribution in [3.05, 3.63) is 40.4 Å². The molecule has 0 saturated heterocycles. The van der Waals surface area contributed by atoms with E-state index in [4.69, 9.17) is 28.9 Å². The Morgan fingerprint density at radius 3 is 2.56 bits per heavy atom. The van der Waals surface area contributed by atoms with Gasteiger partial charge >= 0.3 is 0 Å². The predicted molar refractivity (Wildman–Crippen MR) is 74.4 cm³/mol. The molecule has 1 aromatic rings. The highest BCUT2D eigenvalue weighted by Crippen LogP contribution is 2.32. The summed E-state index contributed by atoms with van der Waals surface area (Å²) in [5, 5.41) is 0.425. The number of nitrogens with two attached hydrogens (primary N) is 1. The van der Waals surface area contributed by atoms with E-state index < -0.39 is 10.0 Å². The van der Waals surface area contributed by atoms with Gasteiger partial charge in [-0.25, -0.2) is 8.42 Å². The fourth-order valence-electron chi connectivity index (χ4n) is 1.41. The van der Waals surface area contributed by atoms with Crippen LogP contribution in [0.3, 0.4) is 0 Å². The maximum Gasteiger partial charge on any atom is 0.244 e. The van der Waals surface area contributed by atoms with Crippen molar-refractivity contribution in [2.45, 2.75) is 11.4 Å². The molecular weight excluding hydrogens is 295 g/mol. The highest BCUT2D eigenvalue weighted by atomic mass is 35.5. The van der Waals surface area contributed by atoms with Crippen LogP contribution in [0.25, 0.3) is 0 Å². The number of hydrogen-bond acceptors (Lipinski definition) is 3. The first-order valence-corrected chi connectivity index (χ1v) is 7.30. The molecule has 1 rings (SSSR count). The largest absolute Gasteiger partial charge is 0.326 e. The molecule has 0 unspecified atom stereocenters. The number of benzene rings is 1. The van der Waals surface area contributed by atoms with Gasteiger partial charge in [-0.1, -0.05) is 29.3 Å². The second kappa shape index (κ2) is 6.04. The molecule has 0 fully saturated rings. The quantitative estimate of drug-likeness (QED) is 0.849. The normalized spacial score (nSPS) is 11.8. The minimum Gasteiger partial charge on any atom is -0.326 e. The Hall–Kier alpha value is -0.590. The molecule has 0 amide bonds. The summed E-state index contributed by atoms with van der Waals surface area (Å²) >= 11 is 12.0. The van der Waals surface area contributed by atoms with Gasteiger partial charge in [0.2, 0.25) is 10.0 Å². The molecule has 0 saturated carbocycles. The maximum absolute atomic E-state index is 12.2. The van der Waals surface area contributed by atoms with Crippen LogP contribution < -0.4 is 5.73 Å². The Morgan fingerprint density at radius 2 is 2.06 bits per heavy atom. The van der Waals surface area contributed by atoms with Crippen LogP contribution >= 0.6 is 23.2 Å². The molecule has 4 nitrogen and oxygen atoms in total. The molecule has 18 heavy (non-hydrogen) atoms. The zero-order valence-electron chi connectivity index (χ0n) is 9.86. The van der Waals surface area contributed by atoms with Crippen molar-refractivity contribution >= 4 is 33.2 Å². The summed E-state index contributed by atoms with van der Waals surface area (Å²) < 4.78 is 25.6. The van der Waals surface area contributed by atoms with E-state index in [1.807, 2.05) is 0 Å². The van der Waals surface area contributed by atoms with E-state index in [-0.39, 0.29) is 23.0 Å². The van der Waals surface area contributed by atoms with Gasteiger partial charge in [0.1, 0.15) is 4.90 Å². The van der Waals surface area contributed by atoms with Gasteiger partial charge in [0.25, 0.3) is 0 Å². The maximum atomic E-state index is 12.2. The van der Waals surface area contributed by atoms with Crippen molar-refractivity contribution in [2.75, 3.05) is 13.6 Å². The first-order chi connectivity index (χ1) is 8.36. The smallest absolute Gasteiger partial charge is 0.244 e. The first kappa shape index (κ1) is 15.5. The first-order valence-electron chi connectivity index (χ1n) is 5.10. The van der Waals surface area contributed by atoms with Crippen molar-refractivity contribution in [1.82, 2.24) is 4.31 Å². The molecular formula is C11H14Cl2N2O2S. The zero-order valence-corrected chi connectivity index (χ0v) is 12.2. The number of nitrogens with zero attached hydrogens (tertiary/aromatic N) is 1. The van der Waals surface area contributed by atoms with Gasteiger partial charge in [-0.15, -0.1) is 6.58 Å². The van der Waals surface area contributed by atoms with Gasteiger partial charge < -0.3 is 5.73 Å². The monoisotopic (exact) mass is 308 g/mol. The summed E-state index contributed by atoms with van der Waals surface area (Å²) in [6, 6.07) is 2.85. The van der Waals surface area contributed by atoms with E-state index in [1.165, 1.54) is 25.3 Å². The van der Waals surface area contributed by atoms with E-state index in [1.54, 1.807) is 0 Å². The molecule has 0 spiro atoms. The minimum absolute atomic E-state index is 0.00151. The number of hydrogen-bond donors (Lipinski definition) is 1. The summed E-state index contributed by atoms with van der Waals surface area (Å²) in [6.45, 7) is 3.77. The van der Waals surface area contributed by atoms with Crippen LogP contribution in [0.5, 0.6) is 0 Å². The Balaban J connectivity index is 3.38. The van der Waals surface area contributed by atoms with E-state index in [0.29, 0.717) is 10.6 Å². The minimum atomic E-state index is -3.67. The Kier molecular flexibility index (Phi) is 5.19. The third-order valence-electron chi connectivity index (χ3n) is 2.43. The number of rotatable bonds is 5. The lowest BCUT2D eigenvalue weighted by Gasteiger charge is -2.17. The molecule has 0 aliphatic carbocycles. The molecule has 1 aromatic carbocycles. The lowest BCUT2D eigenvalue weighted by atomic mass is 10.2. The van der Waals surface area contributed by atoms with Crippen molar-refractivity contribution in [2.24, 2.45) is 5.73 Å². The summed E-state index contributed by atoms with van der Waals surface area (Å²) in [6.07, 6.45) is 1.49. The van der Waals surface area contributed by atoms with Crippen molar-refractivity contribution in [3.8, 4) is 0 Å². The third-order valence-corrected chi connectivity index (χ3v) is 5.19. The topological polar surface area (TPSA) is 63.4 Å². The third kappa shape index (κ3) is 2.87. The lowest BCUT2D eigenvalue weighted by Crippen LogP contribution is -2.27. The van der Waals surface area contributed by atoms with Gasteiger partial charge in [-0.05, 0) is 12.1 Å². The molecule has 0 atom stereocenters. The Morgan fingerprint density at radius 1 is 1.44 bits per heavy atom. The number of sulfonamides is 1. The molecule has 100 valence electrons. The lowest BCUT2D eigenvalue weighted by molar-refractivity contribution is 0.499. The van der Waals surface area contributed by atoms with E-state index in [2.05, 4.69) is 6.58 Å². The van der Waals surface area contributed by atoms with Gasteiger partial charge in [0.05, 0.1) is 5.02 Å². The van der Waals surface area contributed by atoms with Crippen LogP contribution in [-0.4, -0.2) is 26.3 Å². The van der Waals surface area contributed by atoms with Crippen LogP contribution in [0.15, 0.2) is 29.7 Å². The Labute approximate surface area is 117 Å². The molecule has 0 bridgehead atoms. The van der Waals surface area contributed by atoms with Crippen LogP contribution in [-0.2, 0) is 16.6 Å². The summed E-state index contributed by atoms with van der Waals surface area (Å²) in [7, 11) is -2.22. The summed E-state index contributed by atoms with van der Waals surface area (Å²) in [5.74, 6) is 0. The average molecular weight is 309 g/mol. The SMILES string of the molecule is C=CCN(C)S(=O)(=O)c1ccc(Cl)c(CN)c1Cl. The Bertz CT molecular complexity index is 558. The predicted octanol–water partition coefficient (Wildman–Crippen LogP) is 2.26. The zero-order chi connectivity index (χ0) is 13.9. The molecule has 0 aliphatic rings. The number of likely N-dealkylation sites (N-methyl/N-ethyl adjacent to an activating group) is 1. The second-order valence-corrected chi connectivity index (χ2v) is 6.41. The highest BCUT2D eigenvalue weighted by Gasteiger charge is 2.24. The van der Waals surface area contributed by atoms with Crippen LogP contribution in [0.2, 0.25) is 10.0 Å². The number of halogens is 2. The van der Waals surface area contributed by atoms with Crippen molar-refractivity contribution in [1.29, 1.82) is 0 Å². The van der Waals surface area contributed by atoms with Crippen LogP contribution in [0.4, 0.5) is 0 Å². The average Bonchev–Trinajstić information content (AvgIpc) is 2.29. The standard InChI is InChI=1S/C11H14Cl2N2O2S/c1-3-6-15(2)18(16,17)10-5-4-9(12)8(7-14)11(10)13/h3-5H,1,6-7,14H2,2H3. The molecule has 0 radical (unpaired) electrons. The molecule has 0 aliphatic heterocycles. The van der Waals surface area contributed by atoms with Gasteiger partial charge in [0, 0.05) is 30.7 Å². The van der Waals surface area contributed by atoms with E-state index in [0.717, 1.165) is 4.31 Å². The second-order valence-electron chi connectivity index (χ2n) is 3.62. The summed E-state index contributed by atoms with van der Waals surface area (Å²) in [4.78, 5) is -0.00151. The molecule has 0 heterocycles. The van der Waals surface area contributed by atoms with Crippen molar-refractivity contribution < 1.29 is 8.42 Å². The van der Waals surface area contributed by atoms with E-state index in [9.17, 15) is 8.42 Å². The molecule has 2 N–H and O–H groups in total. The van der Waals surface area contributed by atoms with Crippen LogP contribution in [0.1, 0.15) is 5.56 Å². The summed E-state index contributed by atoms with van der Waals surface area (Å²) in [5.41, 5.74) is 5.93. The highest BCUT2D eigenvalue weighted by molar-refractivity contribution is 7.89. The molecule has 7 heteroatoms.